The van der Waals surface area contributed by atoms with Gasteiger partial charge in [-0.25, -0.2) is 14.5 Å². The van der Waals surface area contributed by atoms with Crippen molar-refractivity contribution in [3.05, 3.63) is 34.3 Å². The number of carbonyl (C=O) groups is 1. The smallest absolute Gasteiger partial charge is 0.375 e. The first kappa shape index (κ1) is 13.1. The number of hydrogen-bond acceptors (Lipinski definition) is 4. The Morgan fingerprint density at radius 1 is 1.50 bits per heavy atom. The number of nitrogens with zero attached hydrogens (tertiary/aromatic N) is 3. The van der Waals surface area contributed by atoms with Crippen LogP contribution in [0.3, 0.4) is 0 Å². The first-order valence-corrected chi connectivity index (χ1v) is 6.93. The van der Waals surface area contributed by atoms with Crippen molar-refractivity contribution in [2.75, 3.05) is 7.11 Å². The molecule has 1 fully saturated rings. The van der Waals surface area contributed by atoms with Crippen molar-refractivity contribution in [2.24, 2.45) is 0 Å². The molecule has 6 nitrogen and oxygen atoms in total. The van der Waals surface area contributed by atoms with Gasteiger partial charge in [-0.05, 0) is 40.9 Å². The lowest BCUT2D eigenvalue weighted by Crippen LogP contribution is -2.03. The number of methoxy groups -OCH3 is 1. The second kappa shape index (κ2) is 4.90. The summed E-state index contributed by atoms with van der Waals surface area (Å²) in [7, 11) is 1.58. The molecule has 1 aromatic carbocycles. The zero-order chi connectivity index (χ0) is 14.3. The predicted molar refractivity (Wildman–Crippen MR) is 74.5 cm³/mol. The van der Waals surface area contributed by atoms with Crippen LogP contribution >= 0.6 is 15.9 Å². The number of rotatable bonds is 4. The summed E-state index contributed by atoms with van der Waals surface area (Å²) in [5.74, 6) is 0.372. The molecule has 1 N–H and O–H groups in total. The van der Waals surface area contributed by atoms with Gasteiger partial charge in [0, 0.05) is 12.0 Å². The summed E-state index contributed by atoms with van der Waals surface area (Å²) >= 11 is 3.39. The summed E-state index contributed by atoms with van der Waals surface area (Å²) in [5.41, 5.74) is 0.743. The number of aromatic nitrogens is 3. The van der Waals surface area contributed by atoms with Crippen molar-refractivity contribution in [3.8, 4) is 11.4 Å². The van der Waals surface area contributed by atoms with E-state index < -0.39 is 5.97 Å². The average Bonchev–Trinajstić information content (AvgIpc) is 3.18. The summed E-state index contributed by atoms with van der Waals surface area (Å²) in [4.78, 5) is 15.2. The van der Waals surface area contributed by atoms with Crippen LogP contribution < -0.4 is 4.74 Å². The van der Waals surface area contributed by atoms with Crippen LogP contribution in [0.5, 0.6) is 5.75 Å². The summed E-state index contributed by atoms with van der Waals surface area (Å²) in [6, 6.07) is 5.49. The Hall–Kier alpha value is -1.89. The number of hydrogen-bond donors (Lipinski definition) is 1. The Bertz CT molecular complexity index is 679. The maximum absolute atomic E-state index is 11.0. The van der Waals surface area contributed by atoms with Crippen molar-refractivity contribution >= 4 is 21.9 Å². The van der Waals surface area contributed by atoms with Crippen LogP contribution in [0.1, 0.15) is 35.2 Å². The van der Waals surface area contributed by atoms with Gasteiger partial charge in [-0.3, -0.25) is 0 Å². The highest BCUT2D eigenvalue weighted by Gasteiger charge is 2.31. The summed E-state index contributed by atoms with van der Waals surface area (Å²) in [5, 5.41) is 13.1. The van der Waals surface area contributed by atoms with E-state index in [-0.39, 0.29) is 5.82 Å². The molecule has 1 saturated carbocycles. The van der Waals surface area contributed by atoms with Crippen LogP contribution in [0, 0.1) is 0 Å². The molecule has 2 aromatic rings. The molecular weight excluding hydrogens is 326 g/mol. The van der Waals surface area contributed by atoms with Crippen molar-refractivity contribution in [3.63, 3.8) is 0 Å². The van der Waals surface area contributed by atoms with Gasteiger partial charge in [-0.1, -0.05) is 0 Å². The van der Waals surface area contributed by atoms with Crippen LogP contribution in [-0.2, 0) is 0 Å². The molecule has 7 heteroatoms. The van der Waals surface area contributed by atoms with E-state index in [9.17, 15) is 4.79 Å². The Labute approximate surface area is 123 Å². The molecule has 0 aliphatic heterocycles. The maximum Gasteiger partial charge on any atom is 0.375 e. The van der Waals surface area contributed by atoms with Gasteiger partial charge in [0.15, 0.2) is 0 Å². The first-order valence-electron chi connectivity index (χ1n) is 6.14. The summed E-state index contributed by atoms with van der Waals surface area (Å²) in [6.07, 6.45) is 2.04. The second-order valence-corrected chi connectivity index (χ2v) is 5.46. The fourth-order valence-electron chi connectivity index (χ4n) is 1.99. The number of aromatic carboxylic acids is 1. The van der Waals surface area contributed by atoms with Crippen LogP contribution in [0.4, 0.5) is 0 Å². The van der Waals surface area contributed by atoms with Gasteiger partial charge in [-0.15, -0.1) is 5.10 Å². The SMILES string of the molecule is COc1cc(-n2nc(C(=O)O)nc2C2CC2)ccc1Br. The summed E-state index contributed by atoms with van der Waals surface area (Å²) in [6.45, 7) is 0. The molecule has 1 aliphatic carbocycles. The molecule has 0 unspecified atom stereocenters. The van der Waals surface area contributed by atoms with Crippen LogP contribution in [0.25, 0.3) is 5.69 Å². The highest BCUT2D eigenvalue weighted by molar-refractivity contribution is 9.10. The Morgan fingerprint density at radius 3 is 2.85 bits per heavy atom. The van der Waals surface area contributed by atoms with E-state index in [4.69, 9.17) is 9.84 Å². The molecule has 0 spiro atoms. The minimum absolute atomic E-state index is 0.172. The van der Waals surface area contributed by atoms with Gasteiger partial charge in [0.2, 0.25) is 0 Å². The molecule has 104 valence electrons. The van der Waals surface area contributed by atoms with E-state index in [0.717, 1.165) is 23.0 Å². The van der Waals surface area contributed by atoms with Crippen molar-refractivity contribution in [1.82, 2.24) is 14.8 Å². The molecular formula is C13H12BrN3O3. The highest BCUT2D eigenvalue weighted by atomic mass is 79.9. The minimum atomic E-state index is -1.12. The molecule has 0 atom stereocenters. The highest BCUT2D eigenvalue weighted by Crippen LogP contribution is 2.40. The van der Waals surface area contributed by atoms with Crippen LogP contribution in [-0.4, -0.2) is 33.0 Å². The molecule has 0 bridgehead atoms. The lowest BCUT2D eigenvalue weighted by molar-refractivity contribution is 0.0683. The number of ether oxygens (including phenoxy) is 1. The molecule has 1 aliphatic rings. The lowest BCUT2D eigenvalue weighted by atomic mass is 10.3. The van der Waals surface area contributed by atoms with Gasteiger partial charge in [0.1, 0.15) is 11.6 Å². The van der Waals surface area contributed by atoms with E-state index in [2.05, 4.69) is 26.0 Å². The van der Waals surface area contributed by atoms with E-state index in [0.29, 0.717) is 17.5 Å². The lowest BCUT2D eigenvalue weighted by Gasteiger charge is -2.08. The average molecular weight is 338 g/mol. The Balaban J connectivity index is 2.10. The van der Waals surface area contributed by atoms with Crippen molar-refractivity contribution in [2.45, 2.75) is 18.8 Å². The molecule has 1 heterocycles. The normalized spacial score (nSPS) is 14.3. The van der Waals surface area contributed by atoms with Crippen LogP contribution in [0.15, 0.2) is 22.7 Å². The number of carboxylic acids is 1. The molecule has 0 saturated heterocycles. The molecule has 0 radical (unpaired) electrons. The molecule has 20 heavy (non-hydrogen) atoms. The number of halogens is 1. The van der Waals surface area contributed by atoms with Gasteiger partial charge in [0.25, 0.3) is 5.82 Å². The van der Waals surface area contributed by atoms with Crippen molar-refractivity contribution < 1.29 is 14.6 Å². The third-order valence-electron chi connectivity index (χ3n) is 3.15. The largest absolute Gasteiger partial charge is 0.495 e. The molecule has 3 rings (SSSR count). The zero-order valence-electron chi connectivity index (χ0n) is 10.7. The Morgan fingerprint density at radius 2 is 2.25 bits per heavy atom. The monoisotopic (exact) mass is 337 g/mol. The fourth-order valence-corrected chi connectivity index (χ4v) is 2.40. The standard InChI is InChI=1S/C13H12BrN3O3/c1-20-10-6-8(4-5-9(10)14)17-12(7-2-3-7)15-11(16-17)13(18)19/h4-7H,2-3H2,1H3,(H,18,19). The van der Waals surface area contributed by atoms with E-state index in [1.807, 2.05) is 12.1 Å². The van der Waals surface area contributed by atoms with Crippen LogP contribution in [0.2, 0.25) is 0 Å². The number of benzene rings is 1. The first-order chi connectivity index (χ1) is 9.60. The van der Waals surface area contributed by atoms with Gasteiger partial charge in [0.05, 0.1) is 17.3 Å². The second-order valence-electron chi connectivity index (χ2n) is 4.60. The van der Waals surface area contributed by atoms with Gasteiger partial charge >= 0.3 is 5.97 Å². The topological polar surface area (TPSA) is 77.2 Å². The van der Waals surface area contributed by atoms with E-state index in [1.165, 1.54) is 0 Å². The minimum Gasteiger partial charge on any atom is -0.495 e. The molecule has 1 aromatic heterocycles. The van der Waals surface area contributed by atoms with Crippen molar-refractivity contribution in [1.29, 1.82) is 0 Å². The predicted octanol–water partition coefficient (Wildman–Crippen LogP) is 2.61. The van der Waals surface area contributed by atoms with Gasteiger partial charge in [-0.2, -0.15) is 0 Å². The fraction of sp³-hybridized carbons (Fsp3) is 0.308. The zero-order valence-corrected chi connectivity index (χ0v) is 12.3. The van der Waals surface area contributed by atoms with E-state index >= 15 is 0 Å². The summed E-state index contributed by atoms with van der Waals surface area (Å²) < 4.78 is 7.67. The quantitative estimate of drug-likeness (QED) is 0.927. The molecule has 0 amide bonds. The van der Waals surface area contributed by atoms with E-state index in [1.54, 1.807) is 17.9 Å². The third-order valence-corrected chi connectivity index (χ3v) is 3.80. The Kier molecular flexibility index (Phi) is 3.21. The number of carboxylic acid groups (broad SMARTS) is 1. The maximum atomic E-state index is 11.0. The van der Waals surface area contributed by atoms with Gasteiger partial charge < -0.3 is 9.84 Å². The third kappa shape index (κ3) is 2.29.